The summed E-state index contributed by atoms with van der Waals surface area (Å²) in [6, 6.07) is 15.6. The van der Waals surface area contributed by atoms with Crippen LogP contribution in [0.4, 0.5) is 0 Å². The Bertz CT molecular complexity index is 589. The Labute approximate surface area is 137 Å². The van der Waals surface area contributed by atoms with Gasteiger partial charge in [-0.2, -0.15) is 0 Å². The fourth-order valence-corrected chi connectivity index (χ4v) is 2.73. The molecule has 1 N–H and O–H groups in total. The lowest BCUT2D eigenvalue weighted by Crippen LogP contribution is -2.30. The molecule has 0 fully saturated rings. The number of benzene rings is 2. The van der Waals surface area contributed by atoms with Crippen molar-refractivity contribution in [3.8, 4) is 5.75 Å². The molecular weight excluding hydrogens is 298 g/mol. The molecule has 0 spiro atoms. The second-order valence-electron chi connectivity index (χ2n) is 5.50. The van der Waals surface area contributed by atoms with E-state index < -0.39 is 6.10 Å². The fourth-order valence-electron chi connectivity index (χ4n) is 2.54. The number of likely N-dealkylation sites (N-methyl/N-ethyl adjacent to an activating group) is 1. The highest BCUT2D eigenvalue weighted by Gasteiger charge is 2.12. The molecule has 0 aliphatic heterocycles. The topological polar surface area (TPSA) is 32.7 Å². The third-order valence-electron chi connectivity index (χ3n) is 3.52. The van der Waals surface area contributed by atoms with E-state index >= 15 is 0 Å². The van der Waals surface area contributed by atoms with Gasteiger partial charge in [-0.05, 0) is 37.2 Å². The molecule has 118 valence electrons. The highest BCUT2D eigenvalue weighted by atomic mass is 35.5. The Kier molecular flexibility index (Phi) is 6.25. The first-order valence-corrected chi connectivity index (χ1v) is 7.69. The number of methoxy groups -OCH3 is 1. The van der Waals surface area contributed by atoms with Gasteiger partial charge < -0.3 is 9.84 Å². The third-order valence-corrected chi connectivity index (χ3v) is 3.75. The highest BCUT2D eigenvalue weighted by Crippen LogP contribution is 2.23. The highest BCUT2D eigenvalue weighted by molar-refractivity contribution is 6.30. The van der Waals surface area contributed by atoms with Crippen molar-refractivity contribution in [2.24, 2.45) is 0 Å². The SMILES string of the molecule is COc1ccc(Cl)cc1CN(C)CC(O)Cc1ccccc1. The molecule has 2 aromatic rings. The molecule has 1 unspecified atom stereocenters. The summed E-state index contributed by atoms with van der Waals surface area (Å²) in [5.41, 5.74) is 2.16. The molecule has 1 atom stereocenters. The molecule has 0 aromatic heterocycles. The molecule has 0 aliphatic carbocycles. The average molecular weight is 320 g/mol. The van der Waals surface area contributed by atoms with Crippen LogP contribution in [0.3, 0.4) is 0 Å². The summed E-state index contributed by atoms with van der Waals surface area (Å²) in [7, 11) is 3.63. The Morgan fingerprint density at radius 2 is 1.91 bits per heavy atom. The van der Waals surface area contributed by atoms with E-state index in [4.69, 9.17) is 16.3 Å². The third kappa shape index (κ3) is 5.02. The van der Waals surface area contributed by atoms with Crippen molar-refractivity contribution in [3.05, 3.63) is 64.7 Å². The van der Waals surface area contributed by atoms with E-state index in [0.717, 1.165) is 16.9 Å². The summed E-state index contributed by atoms with van der Waals surface area (Å²) in [6.07, 6.45) is 0.246. The monoisotopic (exact) mass is 319 g/mol. The van der Waals surface area contributed by atoms with Gasteiger partial charge in [-0.15, -0.1) is 0 Å². The van der Waals surface area contributed by atoms with Gasteiger partial charge in [0.1, 0.15) is 5.75 Å². The number of aliphatic hydroxyl groups is 1. The van der Waals surface area contributed by atoms with Crippen molar-refractivity contribution < 1.29 is 9.84 Å². The van der Waals surface area contributed by atoms with E-state index in [-0.39, 0.29) is 0 Å². The maximum absolute atomic E-state index is 10.2. The lowest BCUT2D eigenvalue weighted by atomic mass is 10.1. The van der Waals surface area contributed by atoms with Gasteiger partial charge in [0.2, 0.25) is 0 Å². The van der Waals surface area contributed by atoms with E-state index in [0.29, 0.717) is 24.5 Å². The van der Waals surface area contributed by atoms with Crippen molar-refractivity contribution in [2.45, 2.75) is 19.1 Å². The smallest absolute Gasteiger partial charge is 0.123 e. The first kappa shape index (κ1) is 16.8. The number of halogens is 1. The van der Waals surface area contributed by atoms with E-state index in [9.17, 15) is 5.11 Å². The van der Waals surface area contributed by atoms with Crippen LogP contribution in [0.15, 0.2) is 48.5 Å². The van der Waals surface area contributed by atoms with Crippen LogP contribution < -0.4 is 4.74 Å². The normalized spacial score (nSPS) is 12.4. The van der Waals surface area contributed by atoms with Crippen molar-refractivity contribution >= 4 is 11.6 Å². The second kappa shape index (κ2) is 8.18. The van der Waals surface area contributed by atoms with Crippen molar-refractivity contribution in [1.29, 1.82) is 0 Å². The van der Waals surface area contributed by atoms with Crippen LogP contribution >= 0.6 is 11.6 Å². The van der Waals surface area contributed by atoms with Crippen LogP contribution in [-0.4, -0.2) is 36.8 Å². The van der Waals surface area contributed by atoms with E-state index in [1.165, 1.54) is 0 Å². The molecule has 0 saturated heterocycles. The number of hydrogen-bond donors (Lipinski definition) is 1. The van der Waals surface area contributed by atoms with Gasteiger partial charge in [-0.25, -0.2) is 0 Å². The molecule has 0 amide bonds. The molecule has 0 heterocycles. The van der Waals surface area contributed by atoms with Gasteiger partial charge in [0.15, 0.2) is 0 Å². The molecule has 3 nitrogen and oxygen atoms in total. The molecule has 2 rings (SSSR count). The summed E-state index contributed by atoms with van der Waals surface area (Å²) >= 11 is 6.05. The van der Waals surface area contributed by atoms with Gasteiger partial charge in [-0.1, -0.05) is 41.9 Å². The van der Waals surface area contributed by atoms with Crippen molar-refractivity contribution in [2.75, 3.05) is 20.7 Å². The zero-order valence-corrected chi connectivity index (χ0v) is 13.8. The summed E-state index contributed by atoms with van der Waals surface area (Å²) in [6.45, 7) is 1.26. The summed E-state index contributed by atoms with van der Waals surface area (Å²) in [5.74, 6) is 0.814. The van der Waals surface area contributed by atoms with E-state index in [1.54, 1.807) is 7.11 Å². The molecule has 0 aliphatic rings. The molecule has 0 saturated carbocycles. The Morgan fingerprint density at radius 1 is 1.18 bits per heavy atom. The predicted octanol–water partition coefficient (Wildman–Crippen LogP) is 3.38. The van der Waals surface area contributed by atoms with Gasteiger partial charge in [0.25, 0.3) is 0 Å². The van der Waals surface area contributed by atoms with E-state index in [2.05, 4.69) is 4.90 Å². The number of ether oxygens (including phenoxy) is 1. The minimum atomic E-state index is -0.405. The Hall–Kier alpha value is -1.55. The minimum Gasteiger partial charge on any atom is -0.496 e. The van der Waals surface area contributed by atoms with E-state index in [1.807, 2.05) is 55.6 Å². The Balaban J connectivity index is 1.92. The predicted molar refractivity (Wildman–Crippen MR) is 90.5 cm³/mol. The maximum Gasteiger partial charge on any atom is 0.123 e. The summed E-state index contributed by atoms with van der Waals surface area (Å²) in [5, 5.41) is 10.9. The average Bonchev–Trinajstić information content (AvgIpc) is 2.48. The minimum absolute atomic E-state index is 0.405. The lowest BCUT2D eigenvalue weighted by Gasteiger charge is -2.22. The van der Waals surface area contributed by atoms with Crippen molar-refractivity contribution in [1.82, 2.24) is 4.90 Å². The summed E-state index contributed by atoms with van der Waals surface area (Å²) in [4.78, 5) is 2.07. The fraction of sp³-hybridized carbons (Fsp3) is 0.333. The van der Waals surface area contributed by atoms with Crippen LogP contribution in [0, 0.1) is 0 Å². The number of rotatable bonds is 7. The lowest BCUT2D eigenvalue weighted by molar-refractivity contribution is 0.122. The van der Waals surface area contributed by atoms with Gasteiger partial charge >= 0.3 is 0 Å². The molecule has 4 heteroatoms. The zero-order chi connectivity index (χ0) is 15.9. The van der Waals surface area contributed by atoms with Gasteiger partial charge in [0, 0.05) is 23.7 Å². The molecule has 22 heavy (non-hydrogen) atoms. The standard InChI is InChI=1S/C18H22ClNO2/c1-20(12-15-11-16(19)8-9-18(15)22-2)13-17(21)10-14-6-4-3-5-7-14/h3-9,11,17,21H,10,12-13H2,1-2H3. The molecule has 0 bridgehead atoms. The zero-order valence-electron chi connectivity index (χ0n) is 13.0. The van der Waals surface area contributed by atoms with Crippen molar-refractivity contribution in [3.63, 3.8) is 0 Å². The second-order valence-corrected chi connectivity index (χ2v) is 5.93. The largest absolute Gasteiger partial charge is 0.496 e. The number of nitrogens with zero attached hydrogens (tertiary/aromatic N) is 1. The first-order chi connectivity index (χ1) is 10.6. The first-order valence-electron chi connectivity index (χ1n) is 7.31. The molecule has 2 aromatic carbocycles. The quantitative estimate of drug-likeness (QED) is 0.849. The van der Waals surface area contributed by atoms with Crippen LogP contribution in [0.25, 0.3) is 0 Å². The number of aliphatic hydroxyl groups excluding tert-OH is 1. The molecule has 0 radical (unpaired) electrons. The van der Waals surface area contributed by atoms with Crippen LogP contribution in [0.2, 0.25) is 5.02 Å². The van der Waals surface area contributed by atoms with Crippen LogP contribution in [-0.2, 0) is 13.0 Å². The van der Waals surface area contributed by atoms with Gasteiger partial charge in [-0.3, -0.25) is 4.90 Å². The summed E-state index contributed by atoms with van der Waals surface area (Å²) < 4.78 is 5.35. The van der Waals surface area contributed by atoms with Crippen LogP contribution in [0.5, 0.6) is 5.75 Å². The van der Waals surface area contributed by atoms with Crippen LogP contribution in [0.1, 0.15) is 11.1 Å². The number of hydrogen-bond acceptors (Lipinski definition) is 3. The Morgan fingerprint density at radius 3 is 2.59 bits per heavy atom. The maximum atomic E-state index is 10.2. The molecular formula is C18H22ClNO2. The van der Waals surface area contributed by atoms with Gasteiger partial charge in [0.05, 0.1) is 13.2 Å².